The van der Waals surface area contributed by atoms with Gasteiger partial charge in [0.05, 0.1) is 0 Å². The summed E-state index contributed by atoms with van der Waals surface area (Å²) in [5, 5.41) is 4.81. The van der Waals surface area contributed by atoms with Gasteiger partial charge in [0.1, 0.15) is 5.71 Å². The number of fused-ring (bicyclic) bond motifs is 2. The molecule has 2 rings (SSSR count). The minimum absolute atomic E-state index is 0.00430. The van der Waals surface area contributed by atoms with E-state index in [1.807, 2.05) is 14.1 Å². The van der Waals surface area contributed by atoms with Crippen molar-refractivity contribution in [2.45, 2.75) is 33.6 Å². The summed E-state index contributed by atoms with van der Waals surface area (Å²) in [5.41, 5.74) is 3.25. The first-order valence-corrected chi connectivity index (χ1v) is 6.72. The summed E-state index contributed by atoms with van der Waals surface area (Å²) in [7, 11) is 3.70. The van der Waals surface area contributed by atoms with Gasteiger partial charge in [0.15, 0.2) is 10.9 Å². The second-order valence-corrected chi connectivity index (χ2v) is 6.67. The van der Waals surface area contributed by atoms with Gasteiger partial charge in [-0.25, -0.2) is 0 Å². The van der Waals surface area contributed by atoms with Crippen molar-refractivity contribution >= 4 is 28.8 Å². The molecule has 2 aliphatic rings. The van der Waals surface area contributed by atoms with E-state index in [4.69, 9.17) is 12.2 Å². The summed E-state index contributed by atoms with van der Waals surface area (Å²) < 4.78 is 0. The van der Waals surface area contributed by atoms with Crippen molar-refractivity contribution < 1.29 is 4.79 Å². The van der Waals surface area contributed by atoms with Crippen LogP contribution >= 0.6 is 12.2 Å². The van der Waals surface area contributed by atoms with Crippen molar-refractivity contribution in [3.05, 3.63) is 0 Å². The largest absolute Gasteiger partial charge is 0.354 e. The number of rotatable bonds is 1. The third kappa shape index (κ3) is 1.60. The number of carbonyl (C=O) groups excluding carboxylic acids is 1. The summed E-state index contributed by atoms with van der Waals surface area (Å²) in [6, 6.07) is 0. The molecule has 0 saturated heterocycles. The molecule has 0 amide bonds. The van der Waals surface area contributed by atoms with Crippen LogP contribution in [0.3, 0.4) is 0 Å². The lowest BCUT2D eigenvalue weighted by Gasteiger charge is -2.31. The van der Waals surface area contributed by atoms with Crippen LogP contribution in [0.15, 0.2) is 5.10 Å². The van der Waals surface area contributed by atoms with E-state index >= 15 is 0 Å². The Bertz CT molecular complexity index is 442. The normalized spacial score (nSPS) is 35.1. The molecular weight excluding hydrogens is 246 g/mol. The molecule has 4 nitrogen and oxygen atoms in total. The average Bonchev–Trinajstić information content (AvgIpc) is 2.58. The van der Waals surface area contributed by atoms with Crippen LogP contribution in [0.4, 0.5) is 0 Å². The topological polar surface area (TPSA) is 44.7 Å². The number of hydrogen-bond donors (Lipinski definition) is 1. The van der Waals surface area contributed by atoms with Crippen LogP contribution in [0.5, 0.6) is 0 Å². The smallest absolute Gasteiger partial charge is 0.189 e. The molecule has 0 aromatic heterocycles. The number of hydrogen-bond acceptors (Lipinski definition) is 3. The highest BCUT2D eigenvalue weighted by Crippen LogP contribution is 2.62. The second-order valence-electron chi connectivity index (χ2n) is 6.28. The van der Waals surface area contributed by atoms with Gasteiger partial charge in [-0.15, -0.1) is 0 Å². The lowest BCUT2D eigenvalue weighted by atomic mass is 9.70. The SMILES string of the molecule is CN(C)C(=S)N/N=C1\C(=O)C2(C)CCC1C2(C)C. The molecule has 5 heteroatoms. The number of nitrogens with zero attached hydrogens (tertiary/aromatic N) is 2. The Kier molecular flexibility index (Phi) is 3.00. The number of hydrazone groups is 1. The minimum atomic E-state index is -0.252. The van der Waals surface area contributed by atoms with E-state index in [-0.39, 0.29) is 22.5 Å². The van der Waals surface area contributed by atoms with Crippen molar-refractivity contribution in [3.63, 3.8) is 0 Å². The zero-order chi connectivity index (χ0) is 13.7. The molecular formula is C13H21N3OS. The molecule has 0 heterocycles. The third-order valence-electron chi connectivity index (χ3n) is 4.97. The van der Waals surface area contributed by atoms with Crippen LogP contribution in [0.2, 0.25) is 0 Å². The number of carbonyl (C=O) groups is 1. The van der Waals surface area contributed by atoms with Gasteiger partial charge >= 0.3 is 0 Å². The summed E-state index contributed by atoms with van der Waals surface area (Å²) >= 11 is 5.12. The Morgan fingerprint density at radius 3 is 2.50 bits per heavy atom. The van der Waals surface area contributed by atoms with Gasteiger partial charge in [-0.3, -0.25) is 10.2 Å². The summed E-state index contributed by atoms with van der Waals surface area (Å²) in [6.45, 7) is 6.42. The van der Waals surface area contributed by atoms with Gasteiger partial charge in [-0.1, -0.05) is 20.8 Å². The van der Waals surface area contributed by atoms with Gasteiger partial charge in [-0.2, -0.15) is 5.10 Å². The van der Waals surface area contributed by atoms with Crippen LogP contribution in [-0.2, 0) is 4.79 Å². The fourth-order valence-electron chi connectivity index (χ4n) is 3.16. The van der Waals surface area contributed by atoms with Crippen molar-refractivity contribution in [3.8, 4) is 0 Å². The highest BCUT2D eigenvalue weighted by Gasteiger charge is 2.65. The van der Waals surface area contributed by atoms with Crippen LogP contribution < -0.4 is 5.43 Å². The zero-order valence-electron chi connectivity index (χ0n) is 11.7. The fourth-order valence-corrected chi connectivity index (χ4v) is 3.21. The Morgan fingerprint density at radius 1 is 1.44 bits per heavy atom. The van der Waals surface area contributed by atoms with E-state index in [0.717, 1.165) is 12.8 Å². The van der Waals surface area contributed by atoms with E-state index < -0.39 is 0 Å². The molecule has 2 unspecified atom stereocenters. The van der Waals surface area contributed by atoms with E-state index in [9.17, 15) is 4.79 Å². The second kappa shape index (κ2) is 4.02. The van der Waals surface area contributed by atoms with E-state index in [1.165, 1.54) is 0 Å². The lowest BCUT2D eigenvalue weighted by molar-refractivity contribution is -0.123. The van der Waals surface area contributed by atoms with Gasteiger partial charge < -0.3 is 4.90 Å². The third-order valence-corrected chi connectivity index (χ3v) is 5.42. The highest BCUT2D eigenvalue weighted by atomic mass is 32.1. The lowest BCUT2D eigenvalue weighted by Crippen LogP contribution is -2.35. The van der Waals surface area contributed by atoms with Gasteiger partial charge in [0.25, 0.3) is 0 Å². The maximum absolute atomic E-state index is 12.5. The molecule has 100 valence electrons. The Balaban J connectivity index is 2.25. The maximum Gasteiger partial charge on any atom is 0.189 e. The maximum atomic E-state index is 12.5. The average molecular weight is 267 g/mol. The standard InChI is InChI=1S/C13H21N3OS/c1-12(2)8-6-7-13(12,3)10(17)9(8)14-15-11(18)16(4)5/h8H,6-7H2,1-5H3,(H,15,18)/b14-9-. The number of thiocarbonyl (C=S) groups is 1. The van der Waals surface area contributed by atoms with Gasteiger partial charge in [-0.05, 0) is 30.5 Å². The van der Waals surface area contributed by atoms with Crippen LogP contribution in [0.25, 0.3) is 0 Å². The van der Waals surface area contributed by atoms with Crippen molar-refractivity contribution in [2.24, 2.45) is 21.8 Å². The Labute approximate surface area is 114 Å². The molecule has 2 atom stereocenters. The Hall–Kier alpha value is -0.970. The van der Waals surface area contributed by atoms with Crippen molar-refractivity contribution in [1.82, 2.24) is 10.3 Å². The molecule has 0 aliphatic heterocycles. The first kappa shape index (κ1) is 13.5. The van der Waals surface area contributed by atoms with Crippen LogP contribution in [0.1, 0.15) is 33.6 Å². The van der Waals surface area contributed by atoms with Crippen LogP contribution in [0, 0.1) is 16.7 Å². The molecule has 0 radical (unpaired) electrons. The number of ketones is 1. The quantitative estimate of drug-likeness (QED) is 0.581. The number of nitrogens with one attached hydrogen (secondary N) is 1. The fraction of sp³-hybridized carbons (Fsp3) is 0.769. The monoisotopic (exact) mass is 267 g/mol. The molecule has 2 aliphatic carbocycles. The summed E-state index contributed by atoms with van der Waals surface area (Å²) in [4.78, 5) is 14.2. The first-order valence-electron chi connectivity index (χ1n) is 6.31. The van der Waals surface area contributed by atoms with E-state index in [2.05, 4.69) is 31.3 Å². The molecule has 2 bridgehead atoms. The summed E-state index contributed by atoms with van der Waals surface area (Å²) in [6.07, 6.45) is 2.02. The van der Waals surface area contributed by atoms with Gasteiger partial charge in [0.2, 0.25) is 0 Å². The predicted octanol–water partition coefficient (Wildman–Crippen LogP) is 1.80. The number of Topliss-reactive ketones (excluding diaryl/α,β-unsaturated/α-hetero) is 1. The van der Waals surface area contributed by atoms with Crippen molar-refractivity contribution in [2.75, 3.05) is 14.1 Å². The molecule has 18 heavy (non-hydrogen) atoms. The predicted molar refractivity (Wildman–Crippen MR) is 76.5 cm³/mol. The van der Waals surface area contributed by atoms with E-state index in [1.54, 1.807) is 4.90 Å². The zero-order valence-corrected chi connectivity index (χ0v) is 12.5. The molecule has 0 spiro atoms. The first-order chi connectivity index (χ1) is 8.22. The van der Waals surface area contributed by atoms with Crippen LogP contribution in [-0.4, -0.2) is 35.6 Å². The highest BCUT2D eigenvalue weighted by molar-refractivity contribution is 7.80. The molecule has 0 aromatic carbocycles. The summed E-state index contributed by atoms with van der Waals surface area (Å²) in [5.74, 6) is 0.449. The molecule has 1 N–H and O–H groups in total. The van der Waals surface area contributed by atoms with E-state index in [0.29, 0.717) is 10.8 Å². The molecule has 2 fully saturated rings. The molecule has 0 aromatic rings. The molecule has 2 saturated carbocycles. The minimum Gasteiger partial charge on any atom is -0.354 e. The Morgan fingerprint density at radius 2 is 2.06 bits per heavy atom. The van der Waals surface area contributed by atoms with Gasteiger partial charge in [0, 0.05) is 25.4 Å². The van der Waals surface area contributed by atoms with Crippen molar-refractivity contribution in [1.29, 1.82) is 0 Å².